The van der Waals surface area contributed by atoms with Crippen molar-refractivity contribution < 1.29 is 18.0 Å². The molecule has 0 radical (unpaired) electrons. The van der Waals surface area contributed by atoms with Gasteiger partial charge in [-0.3, -0.25) is 13.9 Å². The van der Waals surface area contributed by atoms with E-state index in [1.54, 1.807) is 32.0 Å². The summed E-state index contributed by atoms with van der Waals surface area (Å²) < 4.78 is 25.0. The maximum absolute atomic E-state index is 11.8. The van der Waals surface area contributed by atoms with Crippen LogP contribution in [0.1, 0.15) is 25.8 Å². The molecule has 0 aliphatic carbocycles. The molecule has 1 aliphatic rings. The highest BCUT2D eigenvalue weighted by Gasteiger charge is 2.24. The SMILES string of the molecule is CC(C)NC(=O)C(=O)Nc1ccc2c(c1)CCCN2S(C)(=O)=O. The van der Waals surface area contributed by atoms with E-state index in [0.717, 1.165) is 12.0 Å². The molecule has 23 heavy (non-hydrogen) atoms. The number of benzene rings is 1. The zero-order valence-electron chi connectivity index (χ0n) is 13.4. The lowest BCUT2D eigenvalue weighted by atomic mass is 10.0. The molecule has 126 valence electrons. The van der Waals surface area contributed by atoms with E-state index in [1.807, 2.05) is 0 Å². The number of hydrogen-bond donors (Lipinski definition) is 2. The summed E-state index contributed by atoms with van der Waals surface area (Å²) in [6.45, 7) is 3.99. The summed E-state index contributed by atoms with van der Waals surface area (Å²) in [6, 6.07) is 4.85. The molecule has 7 nitrogen and oxygen atoms in total. The Hall–Kier alpha value is -2.09. The molecule has 0 unspecified atom stereocenters. The first kappa shape index (κ1) is 17.3. The number of aryl methyl sites for hydroxylation is 1. The summed E-state index contributed by atoms with van der Waals surface area (Å²) in [5, 5.41) is 5.05. The largest absolute Gasteiger partial charge is 0.346 e. The number of carbonyl (C=O) groups is 2. The minimum atomic E-state index is -3.32. The van der Waals surface area contributed by atoms with Crippen LogP contribution in [-0.2, 0) is 26.0 Å². The van der Waals surface area contributed by atoms with E-state index in [1.165, 1.54) is 10.6 Å². The first-order valence-corrected chi connectivity index (χ1v) is 9.26. The molecule has 1 aromatic rings. The zero-order valence-corrected chi connectivity index (χ0v) is 14.2. The number of hydrogen-bond acceptors (Lipinski definition) is 4. The molecule has 1 aromatic carbocycles. The molecular weight excluding hydrogens is 318 g/mol. The third kappa shape index (κ3) is 4.22. The minimum Gasteiger partial charge on any atom is -0.346 e. The first-order chi connectivity index (χ1) is 10.7. The molecule has 0 saturated heterocycles. The number of carbonyl (C=O) groups excluding carboxylic acids is 2. The third-order valence-corrected chi connectivity index (χ3v) is 4.62. The molecule has 2 N–H and O–H groups in total. The lowest BCUT2D eigenvalue weighted by Crippen LogP contribution is -2.39. The second-order valence-electron chi connectivity index (χ2n) is 5.86. The molecular formula is C15H21N3O4S. The minimum absolute atomic E-state index is 0.125. The Balaban J connectivity index is 2.19. The van der Waals surface area contributed by atoms with Crippen molar-refractivity contribution >= 4 is 33.2 Å². The van der Waals surface area contributed by atoms with Crippen molar-refractivity contribution in [3.63, 3.8) is 0 Å². The van der Waals surface area contributed by atoms with Crippen LogP contribution in [0, 0.1) is 0 Å². The van der Waals surface area contributed by atoms with E-state index in [4.69, 9.17) is 0 Å². The lowest BCUT2D eigenvalue weighted by molar-refractivity contribution is -0.136. The molecule has 0 bridgehead atoms. The monoisotopic (exact) mass is 339 g/mol. The van der Waals surface area contributed by atoms with Crippen molar-refractivity contribution in [2.24, 2.45) is 0 Å². The summed E-state index contributed by atoms with van der Waals surface area (Å²) in [7, 11) is -3.32. The Morgan fingerprint density at radius 3 is 2.52 bits per heavy atom. The molecule has 0 spiro atoms. The molecule has 0 aromatic heterocycles. The van der Waals surface area contributed by atoms with Gasteiger partial charge >= 0.3 is 11.8 Å². The van der Waals surface area contributed by atoms with Gasteiger partial charge in [0.05, 0.1) is 11.9 Å². The van der Waals surface area contributed by atoms with E-state index in [2.05, 4.69) is 10.6 Å². The van der Waals surface area contributed by atoms with Gasteiger partial charge in [0.1, 0.15) is 0 Å². The van der Waals surface area contributed by atoms with Crippen LogP contribution >= 0.6 is 0 Å². The summed E-state index contributed by atoms with van der Waals surface area (Å²) >= 11 is 0. The number of fused-ring (bicyclic) bond motifs is 1. The summed E-state index contributed by atoms with van der Waals surface area (Å²) in [5.41, 5.74) is 1.94. The van der Waals surface area contributed by atoms with Crippen LogP contribution in [0.2, 0.25) is 0 Å². The standard InChI is InChI=1S/C15H21N3O4S/c1-10(2)16-14(19)15(20)17-12-6-7-13-11(9-12)5-4-8-18(13)23(3,21)22/h6-7,9-10H,4-5,8H2,1-3H3,(H,16,19)(H,17,20). The highest BCUT2D eigenvalue weighted by atomic mass is 32.2. The predicted octanol–water partition coefficient (Wildman–Crippen LogP) is 0.862. The van der Waals surface area contributed by atoms with Crippen molar-refractivity contribution in [3.8, 4) is 0 Å². The number of nitrogens with zero attached hydrogens (tertiary/aromatic N) is 1. The number of nitrogens with one attached hydrogen (secondary N) is 2. The molecule has 8 heteroatoms. The van der Waals surface area contributed by atoms with Gasteiger partial charge in [-0.15, -0.1) is 0 Å². The number of anilines is 2. The molecule has 2 rings (SSSR count). The second kappa shape index (κ2) is 6.57. The van der Waals surface area contributed by atoms with E-state index >= 15 is 0 Å². The molecule has 2 amide bonds. The van der Waals surface area contributed by atoms with Gasteiger partial charge in [-0.2, -0.15) is 0 Å². The maximum Gasteiger partial charge on any atom is 0.313 e. The highest BCUT2D eigenvalue weighted by Crippen LogP contribution is 2.31. The van der Waals surface area contributed by atoms with Crippen LogP contribution in [0.4, 0.5) is 11.4 Å². The average Bonchev–Trinajstić information content (AvgIpc) is 2.44. The van der Waals surface area contributed by atoms with Crippen LogP contribution in [-0.4, -0.2) is 39.1 Å². The Bertz CT molecular complexity index is 728. The molecule has 0 atom stereocenters. The van der Waals surface area contributed by atoms with Crippen molar-refractivity contribution in [1.82, 2.24) is 5.32 Å². The van der Waals surface area contributed by atoms with Gasteiger partial charge in [0, 0.05) is 18.3 Å². The van der Waals surface area contributed by atoms with Crippen molar-refractivity contribution in [1.29, 1.82) is 0 Å². The van der Waals surface area contributed by atoms with Crippen molar-refractivity contribution in [2.45, 2.75) is 32.7 Å². The number of sulfonamides is 1. The predicted molar refractivity (Wildman–Crippen MR) is 88.9 cm³/mol. The van der Waals surface area contributed by atoms with Gasteiger partial charge < -0.3 is 10.6 Å². The van der Waals surface area contributed by atoms with Crippen molar-refractivity contribution in [3.05, 3.63) is 23.8 Å². The van der Waals surface area contributed by atoms with Crippen LogP contribution in [0.15, 0.2) is 18.2 Å². The van der Waals surface area contributed by atoms with Crippen LogP contribution in [0.3, 0.4) is 0 Å². The van der Waals surface area contributed by atoms with E-state index < -0.39 is 21.8 Å². The summed E-state index contributed by atoms with van der Waals surface area (Å²) in [5.74, 6) is -1.44. The number of rotatable bonds is 3. The highest BCUT2D eigenvalue weighted by molar-refractivity contribution is 7.92. The van der Waals surface area contributed by atoms with Gasteiger partial charge in [0.2, 0.25) is 10.0 Å². The molecule has 0 saturated carbocycles. The Morgan fingerprint density at radius 1 is 1.22 bits per heavy atom. The second-order valence-corrected chi connectivity index (χ2v) is 7.77. The van der Waals surface area contributed by atoms with Crippen LogP contribution < -0.4 is 14.9 Å². The molecule has 1 aliphatic heterocycles. The van der Waals surface area contributed by atoms with Crippen LogP contribution in [0.5, 0.6) is 0 Å². The van der Waals surface area contributed by atoms with Gasteiger partial charge in [0.25, 0.3) is 0 Å². The number of amides is 2. The molecule has 1 heterocycles. The Kier molecular flexibility index (Phi) is 4.93. The molecule has 0 fully saturated rings. The Labute approximate surface area is 136 Å². The summed E-state index contributed by atoms with van der Waals surface area (Å²) in [6.07, 6.45) is 2.61. The fourth-order valence-corrected chi connectivity index (χ4v) is 3.50. The zero-order chi connectivity index (χ0) is 17.2. The topological polar surface area (TPSA) is 95.6 Å². The maximum atomic E-state index is 11.8. The van der Waals surface area contributed by atoms with Gasteiger partial charge in [-0.1, -0.05) is 0 Å². The fourth-order valence-electron chi connectivity index (χ4n) is 2.50. The van der Waals surface area contributed by atoms with Crippen molar-refractivity contribution in [2.75, 3.05) is 22.4 Å². The lowest BCUT2D eigenvalue weighted by Gasteiger charge is -2.29. The fraction of sp³-hybridized carbons (Fsp3) is 0.467. The third-order valence-electron chi connectivity index (χ3n) is 3.44. The normalized spacial score (nSPS) is 14.3. The quantitative estimate of drug-likeness (QED) is 0.799. The summed E-state index contributed by atoms with van der Waals surface area (Å²) in [4.78, 5) is 23.4. The van der Waals surface area contributed by atoms with E-state index in [0.29, 0.717) is 24.3 Å². The Morgan fingerprint density at radius 2 is 1.91 bits per heavy atom. The van der Waals surface area contributed by atoms with Crippen LogP contribution in [0.25, 0.3) is 0 Å². The average molecular weight is 339 g/mol. The first-order valence-electron chi connectivity index (χ1n) is 7.41. The van der Waals surface area contributed by atoms with E-state index in [-0.39, 0.29) is 6.04 Å². The van der Waals surface area contributed by atoms with E-state index in [9.17, 15) is 18.0 Å². The smallest absolute Gasteiger partial charge is 0.313 e. The van der Waals surface area contributed by atoms with Gasteiger partial charge in [0.15, 0.2) is 0 Å². The van der Waals surface area contributed by atoms with Gasteiger partial charge in [-0.05, 0) is 50.5 Å². The van der Waals surface area contributed by atoms with Gasteiger partial charge in [-0.25, -0.2) is 8.42 Å².